The van der Waals surface area contributed by atoms with Crippen molar-refractivity contribution < 1.29 is 9.53 Å². The SMILES string of the molecule is CCCCOc1cccc(C(N)=O)n1. The summed E-state index contributed by atoms with van der Waals surface area (Å²) in [6.45, 7) is 2.70. The van der Waals surface area contributed by atoms with E-state index in [1.54, 1.807) is 18.2 Å². The van der Waals surface area contributed by atoms with Gasteiger partial charge in [0.15, 0.2) is 0 Å². The Morgan fingerprint density at radius 1 is 1.57 bits per heavy atom. The molecule has 1 aromatic rings. The summed E-state index contributed by atoms with van der Waals surface area (Å²) in [5.74, 6) is -0.0827. The highest BCUT2D eigenvalue weighted by Gasteiger charge is 2.02. The van der Waals surface area contributed by atoms with Gasteiger partial charge in [0.2, 0.25) is 5.88 Å². The largest absolute Gasteiger partial charge is 0.478 e. The number of amides is 1. The summed E-state index contributed by atoms with van der Waals surface area (Å²) in [5.41, 5.74) is 5.32. The molecule has 0 spiro atoms. The zero-order valence-electron chi connectivity index (χ0n) is 8.19. The van der Waals surface area contributed by atoms with Gasteiger partial charge in [0.25, 0.3) is 5.91 Å². The highest BCUT2D eigenvalue weighted by atomic mass is 16.5. The molecule has 1 rings (SSSR count). The second-order valence-electron chi connectivity index (χ2n) is 2.93. The van der Waals surface area contributed by atoms with Crippen LogP contribution in [0.2, 0.25) is 0 Å². The first kappa shape index (κ1) is 10.5. The smallest absolute Gasteiger partial charge is 0.267 e. The normalized spacial score (nSPS) is 9.79. The first-order valence-corrected chi connectivity index (χ1v) is 4.63. The number of ether oxygens (including phenoxy) is 1. The van der Waals surface area contributed by atoms with Gasteiger partial charge in [-0.1, -0.05) is 19.4 Å². The second-order valence-corrected chi connectivity index (χ2v) is 2.93. The van der Waals surface area contributed by atoms with E-state index in [0.717, 1.165) is 12.8 Å². The number of hydrogen-bond donors (Lipinski definition) is 1. The van der Waals surface area contributed by atoms with Gasteiger partial charge in [0, 0.05) is 6.07 Å². The van der Waals surface area contributed by atoms with Gasteiger partial charge in [-0.05, 0) is 12.5 Å². The highest BCUT2D eigenvalue weighted by molar-refractivity contribution is 5.90. The number of rotatable bonds is 5. The van der Waals surface area contributed by atoms with Crippen LogP contribution < -0.4 is 10.5 Å². The molecule has 4 heteroatoms. The third kappa shape index (κ3) is 3.05. The maximum atomic E-state index is 10.8. The van der Waals surface area contributed by atoms with E-state index in [9.17, 15) is 4.79 Å². The predicted molar refractivity (Wildman–Crippen MR) is 53.2 cm³/mol. The van der Waals surface area contributed by atoms with Crippen molar-refractivity contribution in [3.63, 3.8) is 0 Å². The topological polar surface area (TPSA) is 65.2 Å². The summed E-state index contributed by atoms with van der Waals surface area (Å²) in [6.07, 6.45) is 2.04. The lowest BCUT2D eigenvalue weighted by Gasteiger charge is -2.04. The Kier molecular flexibility index (Phi) is 3.91. The van der Waals surface area contributed by atoms with Gasteiger partial charge < -0.3 is 10.5 Å². The molecule has 0 aromatic carbocycles. The number of primary amides is 1. The van der Waals surface area contributed by atoms with Crippen LogP contribution in [0.15, 0.2) is 18.2 Å². The van der Waals surface area contributed by atoms with Crippen LogP contribution in [0.4, 0.5) is 0 Å². The molecule has 14 heavy (non-hydrogen) atoms. The van der Waals surface area contributed by atoms with Gasteiger partial charge >= 0.3 is 0 Å². The Labute approximate surface area is 83.1 Å². The van der Waals surface area contributed by atoms with Crippen LogP contribution in [-0.4, -0.2) is 17.5 Å². The molecule has 0 fully saturated rings. The van der Waals surface area contributed by atoms with Crippen LogP contribution in [0.25, 0.3) is 0 Å². The third-order valence-electron chi connectivity index (χ3n) is 1.72. The molecule has 0 unspecified atom stereocenters. The van der Waals surface area contributed by atoms with Crippen molar-refractivity contribution in [1.82, 2.24) is 4.98 Å². The van der Waals surface area contributed by atoms with Crippen LogP contribution in [-0.2, 0) is 0 Å². The first-order chi connectivity index (χ1) is 6.74. The van der Waals surface area contributed by atoms with Crippen molar-refractivity contribution in [2.45, 2.75) is 19.8 Å². The Morgan fingerprint density at radius 2 is 2.36 bits per heavy atom. The average Bonchev–Trinajstić information content (AvgIpc) is 2.19. The number of carbonyl (C=O) groups is 1. The summed E-state index contributed by atoms with van der Waals surface area (Å²) in [7, 11) is 0. The highest BCUT2D eigenvalue weighted by Crippen LogP contribution is 2.07. The van der Waals surface area contributed by atoms with Crippen molar-refractivity contribution >= 4 is 5.91 Å². The van der Waals surface area contributed by atoms with Crippen molar-refractivity contribution in [3.8, 4) is 5.88 Å². The van der Waals surface area contributed by atoms with Gasteiger partial charge in [-0.3, -0.25) is 4.79 Å². The molecule has 1 heterocycles. The van der Waals surface area contributed by atoms with Crippen LogP contribution in [0, 0.1) is 0 Å². The monoisotopic (exact) mass is 194 g/mol. The molecule has 0 aliphatic rings. The molecule has 76 valence electrons. The molecule has 0 saturated heterocycles. The van der Waals surface area contributed by atoms with E-state index < -0.39 is 5.91 Å². The number of aromatic nitrogens is 1. The van der Waals surface area contributed by atoms with Gasteiger partial charge in [0.05, 0.1) is 6.61 Å². The van der Waals surface area contributed by atoms with E-state index in [1.807, 2.05) is 0 Å². The number of carbonyl (C=O) groups excluding carboxylic acids is 1. The third-order valence-corrected chi connectivity index (χ3v) is 1.72. The summed E-state index contributed by atoms with van der Waals surface area (Å²) in [6, 6.07) is 4.98. The van der Waals surface area contributed by atoms with E-state index in [1.165, 1.54) is 0 Å². The van der Waals surface area contributed by atoms with Crippen molar-refractivity contribution in [2.75, 3.05) is 6.61 Å². The van der Waals surface area contributed by atoms with Crippen molar-refractivity contribution in [1.29, 1.82) is 0 Å². The molecule has 0 aliphatic carbocycles. The molecular weight excluding hydrogens is 180 g/mol. The van der Waals surface area contributed by atoms with Crippen LogP contribution in [0.1, 0.15) is 30.3 Å². The number of nitrogens with two attached hydrogens (primary N) is 1. The summed E-state index contributed by atoms with van der Waals surface area (Å²) < 4.78 is 5.32. The molecule has 0 bridgehead atoms. The van der Waals surface area contributed by atoms with Gasteiger partial charge in [0.1, 0.15) is 5.69 Å². The van der Waals surface area contributed by atoms with Gasteiger partial charge in [-0.2, -0.15) is 0 Å². The van der Waals surface area contributed by atoms with Crippen LogP contribution >= 0.6 is 0 Å². The maximum absolute atomic E-state index is 10.8. The molecule has 1 amide bonds. The van der Waals surface area contributed by atoms with Gasteiger partial charge in [-0.25, -0.2) is 4.98 Å². The lowest BCUT2D eigenvalue weighted by atomic mass is 10.3. The minimum atomic E-state index is -0.536. The standard InChI is InChI=1S/C10H14N2O2/c1-2-3-7-14-9-6-4-5-8(12-9)10(11)13/h4-6H,2-3,7H2,1H3,(H2,11,13). The number of hydrogen-bond acceptors (Lipinski definition) is 3. The van der Waals surface area contributed by atoms with E-state index >= 15 is 0 Å². The van der Waals surface area contributed by atoms with Crippen molar-refractivity contribution in [2.24, 2.45) is 5.73 Å². The summed E-state index contributed by atoms with van der Waals surface area (Å²) in [4.78, 5) is 14.7. The average molecular weight is 194 g/mol. The fourth-order valence-electron chi connectivity index (χ4n) is 0.954. The second kappa shape index (κ2) is 5.21. The molecule has 2 N–H and O–H groups in total. The molecule has 0 atom stereocenters. The predicted octanol–water partition coefficient (Wildman–Crippen LogP) is 1.36. The Bertz CT molecular complexity index is 313. The van der Waals surface area contributed by atoms with E-state index in [0.29, 0.717) is 12.5 Å². The summed E-state index contributed by atoms with van der Waals surface area (Å²) in [5, 5.41) is 0. The molecule has 0 saturated carbocycles. The fraction of sp³-hybridized carbons (Fsp3) is 0.400. The molecular formula is C10H14N2O2. The Hall–Kier alpha value is -1.58. The Morgan fingerprint density at radius 3 is 3.00 bits per heavy atom. The van der Waals surface area contributed by atoms with Crippen LogP contribution in [0.5, 0.6) is 5.88 Å². The molecule has 1 aromatic heterocycles. The van der Waals surface area contributed by atoms with E-state index in [-0.39, 0.29) is 5.69 Å². The Balaban J connectivity index is 2.59. The first-order valence-electron chi connectivity index (χ1n) is 4.63. The van der Waals surface area contributed by atoms with Gasteiger partial charge in [-0.15, -0.1) is 0 Å². The lowest BCUT2D eigenvalue weighted by molar-refractivity contribution is 0.0994. The minimum absolute atomic E-state index is 0.235. The molecule has 0 radical (unpaired) electrons. The van der Waals surface area contributed by atoms with Crippen LogP contribution in [0.3, 0.4) is 0 Å². The molecule has 0 aliphatic heterocycles. The maximum Gasteiger partial charge on any atom is 0.267 e. The quantitative estimate of drug-likeness (QED) is 0.720. The number of pyridine rings is 1. The molecule has 4 nitrogen and oxygen atoms in total. The fourth-order valence-corrected chi connectivity index (χ4v) is 0.954. The summed E-state index contributed by atoms with van der Waals surface area (Å²) >= 11 is 0. The number of unbranched alkanes of at least 4 members (excludes halogenated alkanes) is 1. The zero-order valence-corrected chi connectivity index (χ0v) is 8.19. The lowest BCUT2D eigenvalue weighted by Crippen LogP contribution is -2.13. The van der Waals surface area contributed by atoms with Crippen molar-refractivity contribution in [3.05, 3.63) is 23.9 Å². The zero-order chi connectivity index (χ0) is 10.4. The minimum Gasteiger partial charge on any atom is -0.478 e. The van der Waals surface area contributed by atoms with E-state index in [2.05, 4.69) is 11.9 Å². The van der Waals surface area contributed by atoms with E-state index in [4.69, 9.17) is 10.5 Å². The number of nitrogens with zero attached hydrogens (tertiary/aromatic N) is 1.